The number of thiazole rings is 1. The van der Waals surface area contributed by atoms with Gasteiger partial charge in [-0.15, -0.1) is 0 Å². The predicted molar refractivity (Wildman–Crippen MR) is 90.5 cm³/mol. The van der Waals surface area contributed by atoms with Crippen LogP contribution in [0.25, 0.3) is 10.2 Å². The van der Waals surface area contributed by atoms with Crippen LogP contribution in [0.2, 0.25) is 0 Å². The Balaban J connectivity index is 1.82. The van der Waals surface area contributed by atoms with Gasteiger partial charge in [-0.1, -0.05) is 37.3 Å². The van der Waals surface area contributed by atoms with Crippen LogP contribution in [0.3, 0.4) is 0 Å². The summed E-state index contributed by atoms with van der Waals surface area (Å²) in [5, 5.41) is 13.0. The molecule has 2 atom stereocenters. The Bertz CT molecular complexity index is 750. The van der Waals surface area contributed by atoms with Crippen LogP contribution >= 0.6 is 11.3 Å². The fourth-order valence-electron chi connectivity index (χ4n) is 3.46. The highest BCUT2D eigenvalue weighted by molar-refractivity contribution is 7.22. The third-order valence-electron chi connectivity index (χ3n) is 5.54. The van der Waals surface area contributed by atoms with Gasteiger partial charge in [0.2, 0.25) is 5.91 Å². The van der Waals surface area contributed by atoms with Crippen LogP contribution in [-0.2, 0) is 9.59 Å². The maximum atomic E-state index is 12.7. The van der Waals surface area contributed by atoms with E-state index in [9.17, 15) is 14.7 Å². The predicted octanol–water partition coefficient (Wildman–Crippen LogP) is 3.76. The number of amides is 1. The lowest BCUT2D eigenvalue weighted by Gasteiger charge is -2.37. The van der Waals surface area contributed by atoms with Crippen LogP contribution in [0, 0.1) is 16.7 Å². The smallest absolute Gasteiger partial charge is 0.309 e. The van der Waals surface area contributed by atoms with E-state index in [-0.39, 0.29) is 11.8 Å². The molecule has 2 N–H and O–H groups in total. The van der Waals surface area contributed by atoms with E-state index >= 15 is 0 Å². The molecular formula is C17H20N2O3S. The van der Waals surface area contributed by atoms with Gasteiger partial charge in [0.15, 0.2) is 5.13 Å². The van der Waals surface area contributed by atoms with E-state index in [2.05, 4.69) is 10.3 Å². The second-order valence-corrected chi connectivity index (χ2v) is 7.96. The minimum absolute atomic E-state index is 0.140. The number of hydrogen-bond acceptors (Lipinski definition) is 4. The first-order valence-corrected chi connectivity index (χ1v) is 8.47. The highest BCUT2D eigenvalue weighted by Crippen LogP contribution is 2.56. The van der Waals surface area contributed by atoms with Gasteiger partial charge < -0.3 is 10.4 Å². The molecule has 1 saturated carbocycles. The summed E-state index contributed by atoms with van der Waals surface area (Å²) in [7, 11) is 0. The molecule has 1 aromatic heterocycles. The number of nitrogens with zero attached hydrogens (tertiary/aromatic N) is 1. The van der Waals surface area contributed by atoms with Crippen molar-refractivity contribution in [2.45, 2.75) is 33.6 Å². The van der Waals surface area contributed by atoms with Gasteiger partial charge in [-0.25, -0.2) is 4.98 Å². The van der Waals surface area contributed by atoms with Gasteiger partial charge in [0.25, 0.3) is 0 Å². The fourth-order valence-corrected chi connectivity index (χ4v) is 4.33. The molecule has 0 unspecified atom stereocenters. The normalized spacial score (nSPS) is 26.3. The molecular weight excluding hydrogens is 312 g/mol. The number of benzene rings is 1. The average Bonchev–Trinajstić information content (AvgIpc) is 2.98. The topological polar surface area (TPSA) is 79.3 Å². The Kier molecular flexibility index (Phi) is 3.67. The lowest BCUT2D eigenvalue weighted by molar-refractivity contribution is -0.154. The molecule has 1 aliphatic carbocycles. The summed E-state index contributed by atoms with van der Waals surface area (Å²) in [5.74, 6) is -1.31. The number of carbonyl (C=O) groups is 2. The molecule has 2 aromatic rings. The summed E-state index contributed by atoms with van der Waals surface area (Å²) in [6.45, 7) is 5.48. The number of nitrogens with one attached hydrogen (secondary N) is 1. The molecule has 0 aliphatic heterocycles. The lowest BCUT2D eigenvalue weighted by Crippen LogP contribution is -2.43. The van der Waals surface area contributed by atoms with Crippen LogP contribution < -0.4 is 5.32 Å². The molecule has 5 nitrogen and oxygen atoms in total. The molecule has 1 aromatic carbocycles. The maximum absolute atomic E-state index is 12.7. The van der Waals surface area contributed by atoms with Gasteiger partial charge in [-0.05, 0) is 37.3 Å². The standard InChI is InChI=1S/C17H20N2O3S/c1-16(2)10(8-9-17(16,3)14(21)22)13(20)19-15-18-11-6-4-5-7-12(11)23-15/h4-7,10H,8-9H2,1-3H3,(H,21,22)(H,18,19,20)/t10-,17-/m0/s1. The molecule has 1 aliphatic rings. The molecule has 0 radical (unpaired) electrons. The van der Waals surface area contributed by atoms with E-state index in [1.807, 2.05) is 38.1 Å². The molecule has 122 valence electrons. The van der Waals surface area contributed by atoms with Crippen molar-refractivity contribution >= 4 is 38.6 Å². The third kappa shape index (κ3) is 2.41. The largest absolute Gasteiger partial charge is 0.481 e. The zero-order valence-electron chi connectivity index (χ0n) is 13.4. The summed E-state index contributed by atoms with van der Waals surface area (Å²) >= 11 is 1.43. The van der Waals surface area contributed by atoms with Gasteiger partial charge in [-0.3, -0.25) is 9.59 Å². The summed E-state index contributed by atoms with van der Waals surface area (Å²) in [6.07, 6.45) is 1.08. The van der Waals surface area contributed by atoms with E-state index in [4.69, 9.17) is 0 Å². The van der Waals surface area contributed by atoms with Gasteiger partial charge in [0, 0.05) is 5.92 Å². The minimum atomic E-state index is -0.886. The number of para-hydroxylation sites is 1. The molecule has 3 rings (SSSR count). The summed E-state index contributed by atoms with van der Waals surface area (Å²) in [4.78, 5) is 28.7. The third-order valence-corrected chi connectivity index (χ3v) is 6.49. The lowest BCUT2D eigenvalue weighted by atomic mass is 9.65. The van der Waals surface area contributed by atoms with Crippen molar-refractivity contribution in [3.05, 3.63) is 24.3 Å². The summed E-state index contributed by atoms with van der Waals surface area (Å²) in [5.41, 5.74) is -0.642. The van der Waals surface area contributed by atoms with Crippen LogP contribution in [0.5, 0.6) is 0 Å². The molecule has 1 amide bonds. The fraction of sp³-hybridized carbons (Fsp3) is 0.471. The molecule has 0 bridgehead atoms. The van der Waals surface area contributed by atoms with E-state index in [0.29, 0.717) is 18.0 Å². The van der Waals surface area contributed by atoms with Crippen LogP contribution in [0.1, 0.15) is 33.6 Å². The van der Waals surface area contributed by atoms with Crippen molar-refractivity contribution in [2.75, 3.05) is 5.32 Å². The monoisotopic (exact) mass is 332 g/mol. The molecule has 0 saturated heterocycles. The zero-order chi connectivity index (χ0) is 16.8. The van der Waals surface area contributed by atoms with Crippen molar-refractivity contribution in [1.29, 1.82) is 0 Å². The van der Waals surface area contributed by atoms with E-state index < -0.39 is 16.8 Å². The van der Waals surface area contributed by atoms with Gasteiger partial charge in [0.1, 0.15) is 0 Å². The number of anilines is 1. The van der Waals surface area contributed by atoms with Crippen LogP contribution in [-0.4, -0.2) is 22.0 Å². The number of carbonyl (C=O) groups excluding carboxylic acids is 1. The van der Waals surface area contributed by atoms with E-state index in [1.165, 1.54) is 11.3 Å². The molecule has 0 spiro atoms. The van der Waals surface area contributed by atoms with Crippen molar-refractivity contribution in [2.24, 2.45) is 16.7 Å². The number of carboxylic acid groups (broad SMARTS) is 1. The second-order valence-electron chi connectivity index (χ2n) is 6.93. The molecule has 6 heteroatoms. The SMILES string of the molecule is CC1(C)[C@H](C(=O)Nc2nc3ccccc3s2)CC[C@@]1(C)C(=O)O. The number of hydrogen-bond donors (Lipinski definition) is 2. The average molecular weight is 332 g/mol. The van der Waals surface area contributed by atoms with Crippen molar-refractivity contribution in [1.82, 2.24) is 4.98 Å². The Labute approximate surface area is 138 Å². The maximum Gasteiger partial charge on any atom is 0.309 e. The highest BCUT2D eigenvalue weighted by Gasteiger charge is 2.58. The number of fused-ring (bicyclic) bond motifs is 1. The van der Waals surface area contributed by atoms with Gasteiger partial charge in [0.05, 0.1) is 15.6 Å². The Morgan fingerprint density at radius 1 is 1.30 bits per heavy atom. The second kappa shape index (κ2) is 5.30. The van der Waals surface area contributed by atoms with E-state index in [0.717, 1.165) is 10.2 Å². The first-order chi connectivity index (χ1) is 10.8. The zero-order valence-corrected chi connectivity index (χ0v) is 14.2. The number of aromatic nitrogens is 1. The van der Waals surface area contributed by atoms with Crippen LogP contribution in [0.15, 0.2) is 24.3 Å². The molecule has 1 heterocycles. The van der Waals surface area contributed by atoms with Crippen molar-refractivity contribution in [3.8, 4) is 0 Å². The van der Waals surface area contributed by atoms with E-state index in [1.54, 1.807) is 6.92 Å². The number of rotatable bonds is 3. The first kappa shape index (κ1) is 15.9. The number of carboxylic acids is 1. The van der Waals surface area contributed by atoms with Crippen molar-refractivity contribution in [3.63, 3.8) is 0 Å². The van der Waals surface area contributed by atoms with Gasteiger partial charge >= 0.3 is 5.97 Å². The Hall–Kier alpha value is -1.95. The minimum Gasteiger partial charge on any atom is -0.481 e. The van der Waals surface area contributed by atoms with Gasteiger partial charge in [-0.2, -0.15) is 0 Å². The molecule has 23 heavy (non-hydrogen) atoms. The highest BCUT2D eigenvalue weighted by atomic mass is 32.1. The summed E-state index contributed by atoms with van der Waals surface area (Å²) < 4.78 is 1.02. The molecule has 1 fully saturated rings. The Morgan fingerprint density at radius 2 is 2.00 bits per heavy atom. The van der Waals surface area contributed by atoms with Crippen LogP contribution in [0.4, 0.5) is 5.13 Å². The van der Waals surface area contributed by atoms with Crippen molar-refractivity contribution < 1.29 is 14.7 Å². The first-order valence-electron chi connectivity index (χ1n) is 7.65. The summed E-state index contributed by atoms with van der Waals surface area (Å²) in [6, 6.07) is 7.71. The Morgan fingerprint density at radius 3 is 2.61 bits per heavy atom. The quantitative estimate of drug-likeness (QED) is 0.897. The number of aliphatic carboxylic acids is 1.